The fourth-order valence-electron chi connectivity index (χ4n) is 1.70. The summed E-state index contributed by atoms with van der Waals surface area (Å²) in [6.45, 7) is -0.633. The Bertz CT molecular complexity index is 555. The predicted molar refractivity (Wildman–Crippen MR) is 63.1 cm³/mol. The molecule has 110 valence electrons. The lowest BCUT2D eigenvalue weighted by Gasteiger charge is -2.20. The first-order valence-electron chi connectivity index (χ1n) is 5.65. The number of hydrogen-bond acceptors (Lipinski definition) is 2. The highest BCUT2D eigenvalue weighted by Gasteiger charge is 2.63. The van der Waals surface area contributed by atoms with E-state index < -0.39 is 35.5 Å². The number of alkyl halides is 3. The first-order valence-corrected chi connectivity index (χ1v) is 6.02. The van der Waals surface area contributed by atoms with Crippen molar-refractivity contribution in [1.29, 1.82) is 0 Å². The fourth-order valence-corrected chi connectivity index (χ4v) is 1.92. The number of nitrogens with two attached hydrogens (primary N) is 1. The zero-order chi connectivity index (χ0) is 15.1. The second-order valence-electron chi connectivity index (χ2n) is 4.69. The Kier molecular flexibility index (Phi) is 3.58. The van der Waals surface area contributed by atoms with E-state index >= 15 is 0 Å². The number of carbonyl (C=O) groups excluding carboxylic acids is 1. The van der Waals surface area contributed by atoms with Crippen molar-refractivity contribution in [2.24, 2.45) is 11.1 Å². The van der Waals surface area contributed by atoms with E-state index in [9.17, 15) is 22.4 Å². The molecule has 0 heterocycles. The van der Waals surface area contributed by atoms with Gasteiger partial charge >= 0.3 is 6.18 Å². The fraction of sp³-hybridized carbons (Fsp3) is 0.417. The molecule has 1 aromatic carbocycles. The molecule has 1 saturated carbocycles. The molecular formula is C12H10ClF4NO2. The number of benzene rings is 1. The number of halogens is 5. The van der Waals surface area contributed by atoms with Gasteiger partial charge < -0.3 is 10.5 Å². The van der Waals surface area contributed by atoms with Crippen LogP contribution in [0.15, 0.2) is 12.1 Å². The van der Waals surface area contributed by atoms with E-state index in [1.807, 2.05) is 0 Å². The standard InChI is InChI=1S/C12H10ClF4NO2/c13-7-3-6(10(18)19)8(14)4-9(7)20-5-11(1-2-11)12(15,16)17/h3-4H,1-2,5H2,(H2,18,19). The quantitative estimate of drug-likeness (QED) is 0.867. The molecule has 2 rings (SSSR count). The molecule has 0 aliphatic heterocycles. The van der Waals surface area contributed by atoms with Gasteiger partial charge in [-0.3, -0.25) is 4.79 Å². The smallest absolute Gasteiger partial charge is 0.397 e. The van der Waals surface area contributed by atoms with Crippen LogP contribution in [0.3, 0.4) is 0 Å². The number of amides is 1. The molecule has 0 aromatic heterocycles. The molecule has 0 spiro atoms. The van der Waals surface area contributed by atoms with Crippen molar-refractivity contribution in [2.75, 3.05) is 6.61 Å². The van der Waals surface area contributed by atoms with E-state index in [-0.39, 0.29) is 23.6 Å². The summed E-state index contributed by atoms with van der Waals surface area (Å²) >= 11 is 5.73. The predicted octanol–water partition coefficient (Wildman–Crippen LogP) is 3.30. The lowest BCUT2D eigenvalue weighted by molar-refractivity contribution is -0.194. The minimum Gasteiger partial charge on any atom is -0.491 e. The van der Waals surface area contributed by atoms with Crippen LogP contribution in [0.4, 0.5) is 17.6 Å². The van der Waals surface area contributed by atoms with Crippen molar-refractivity contribution in [1.82, 2.24) is 0 Å². The third-order valence-corrected chi connectivity index (χ3v) is 3.54. The first kappa shape index (κ1) is 14.9. The summed E-state index contributed by atoms with van der Waals surface area (Å²) in [5, 5.41) is -0.168. The van der Waals surface area contributed by atoms with Gasteiger partial charge in [0.2, 0.25) is 0 Å². The summed E-state index contributed by atoms with van der Waals surface area (Å²) in [5.74, 6) is -2.26. The zero-order valence-electron chi connectivity index (χ0n) is 10.1. The first-order chi connectivity index (χ1) is 9.16. The molecule has 0 radical (unpaired) electrons. The average molecular weight is 312 g/mol. The summed E-state index contributed by atoms with van der Waals surface area (Å²) in [6, 6.07) is 1.69. The molecule has 2 N–H and O–H groups in total. The summed E-state index contributed by atoms with van der Waals surface area (Å²) < 4.78 is 56.6. The second-order valence-corrected chi connectivity index (χ2v) is 5.10. The highest BCUT2D eigenvalue weighted by atomic mass is 35.5. The Balaban J connectivity index is 2.15. The van der Waals surface area contributed by atoms with Gasteiger partial charge in [0.05, 0.1) is 10.6 Å². The highest BCUT2D eigenvalue weighted by Crippen LogP contribution is 2.57. The van der Waals surface area contributed by atoms with Gasteiger partial charge in [0.25, 0.3) is 5.91 Å². The van der Waals surface area contributed by atoms with Crippen LogP contribution in [0.1, 0.15) is 23.2 Å². The van der Waals surface area contributed by atoms with Crippen molar-refractivity contribution in [3.8, 4) is 5.75 Å². The largest absolute Gasteiger partial charge is 0.491 e. The summed E-state index contributed by atoms with van der Waals surface area (Å²) in [6.07, 6.45) is -4.43. The normalized spacial score (nSPS) is 16.9. The molecule has 0 unspecified atom stereocenters. The van der Waals surface area contributed by atoms with E-state index in [2.05, 4.69) is 0 Å². The Morgan fingerprint density at radius 2 is 2.00 bits per heavy atom. The molecule has 1 fully saturated rings. The van der Waals surface area contributed by atoms with E-state index in [0.717, 1.165) is 12.1 Å². The summed E-state index contributed by atoms with van der Waals surface area (Å²) in [7, 11) is 0. The molecule has 1 aromatic rings. The van der Waals surface area contributed by atoms with E-state index in [1.54, 1.807) is 0 Å². The Hall–Kier alpha value is -1.50. The van der Waals surface area contributed by atoms with E-state index in [1.165, 1.54) is 0 Å². The topological polar surface area (TPSA) is 52.3 Å². The van der Waals surface area contributed by atoms with Crippen LogP contribution in [0.25, 0.3) is 0 Å². The van der Waals surface area contributed by atoms with Crippen molar-refractivity contribution < 1.29 is 27.1 Å². The minimum absolute atomic E-state index is 0.0318. The van der Waals surface area contributed by atoms with Gasteiger partial charge in [-0.25, -0.2) is 4.39 Å². The Morgan fingerprint density at radius 3 is 2.45 bits per heavy atom. The van der Waals surface area contributed by atoms with Crippen LogP contribution in [-0.2, 0) is 0 Å². The third kappa shape index (κ3) is 2.67. The minimum atomic E-state index is -4.37. The number of ether oxygens (including phenoxy) is 1. The summed E-state index contributed by atoms with van der Waals surface area (Å²) in [5.41, 5.74) is 2.59. The van der Waals surface area contributed by atoms with Gasteiger partial charge in [0.1, 0.15) is 23.6 Å². The molecule has 1 aliphatic rings. The second kappa shape index (κ2) is 4.80. The van der Waals surface area contributed by atoms with Gasteiger partial charge in [-0.15, -0.1) is 0 Å². The molecule has 8 heteroatoms. The van der Waals surface area contributed by atoms with Crippen LogP contribution in [0.2, 0.25) is 5.02 Å². The maximum Gasteiger partial charge on any atom is 0.397 e. The van der Waals surface area contributed by atoms with Gasteiger partial charge in [0.15, 0.2) is 0 Å². The Labute approximate surface area is 116 Å². The van der Waals surface area contributed by atoms with Gasteiger partial charge in [-0.1, -0.05) is 11.6 Å². The van der Waals surface area contributed by atoms with Crippen molar-refractivity contribution in [2.45, 2.75) is 19.0 Å². The van der Waals surface area contributed by atoms with Crippen LogP contribution in [0.5, 0.6) is 5.75 Å². The number of carbonyl (C=O) groups is 1. The monoisotopic (exact) mass is 311 g/mol. The SMILES string of the molecule is NC(=O)c1cc(Cl)c(OCC2(C(F)(F)F)CC2)cc1F. The maximum atomic E-state index is 13.5. The molecule has 1 aliphatic carbocycles. The van der Waals surface area contributed by atoms with Gasteiger partial charge in [-0.2, -0.15) is 13.2 Å². The van der Waals surface area contributed by atoms with E-state index in [4.69, 9.17) is 22.1 Å². The maximum absolute atomic E-state index is 13.5. The number of rotatable bonds is 4. The third-order valence-electron chi connectivity index (χ3n) is 3.25. The molecule has 20 heavy (non-hydrogen) atoms. The molecule has 0 saturated heterocycles. The lowest BCUT2D eigenvalue weighted by Crippen LogP contribution is -2.30. The Morgan fingerprint density at radius 1 is 1.40 bits per heavy atom. The van der Waals surface area contributed by atoms with Crippen LogP contribution in [0, 0.1) is 11.2 Å². The average Bonchev–Trinajstić information content (AvgIpc) is 3.09. The molecule has 0 bridgehead atoms. The van der Waals surface area contributed by atoms with Crippen molar-refractivity contribution in [3.05, 3.63) is 28.5 Å². The molecular weight excluding hydrogens is 302 g/mol. The van der Waals surface area contributed by atoms with Crippen molar-refractivity contribution >= 4 is 17.5 Å². The van der Waals surface area contributed by atoms with Crippen LogP contribution in [-0.4, -0.2) is 18.7 Å². The number of primary amides is 1. The molecule has 1 amide bonds. The number of hydrogen-bond donors (Lipinski definition) is 1. The lowest BCUT2D eigenvalue weighted by atomic mass is 10.1. The van der Waals surface area contributed by atoms with Crippen molar-refractivity contribution in [3.63, 3.8) is 0 Å². The van der Waals surface area contributed by atoms with Crippen LogP contribution >= 0.6 is 11.6 Å². The van der Waals surface area contributed by atoms with Gasteiger partial charge in [0, 0.05) is 6.07 Å². The molecule has 3 nitrogen and oxygen atoms in total. The zero-order valence-corrected chi connectivity index (χ0v) is 10.8. The van der Waals surface area contributed by atoms with Crippen LogP contribution < -0.4 is 10.5 Å². The highest BCUT2D eigenvalue weighted by molar-refractivity contribution is 6.32. The van der Waals surface area contributed by atoms with E-state index in [0.29, 0.717) is 0 Å². The van der Waals surface area contributed by atoms with Gasteiger partial charge in [-0.05, 0) is 18.9 Å². The summed E-state index contributed by atoms with van der Waals surface area (Å²) in [4.78, 5) is 10.9. The molecule has 0 atom stereocenters.